The second kappa shape index (κ2) is 8.38. The Hall–Kier alpha value is -2.62. The van der Waals surface area contributed by atoms with Crippen LogP contribution in [0.25, 0.3) is 0 Å². The molecule has 0 fully saturated rings. The van der Waals surface area contributed by atoms with Crippen LogP contribution in [0.1, 0.15) is 54.5 Å². The minimum Gasteiger partial charge on any atom is -0.324 e. The van der Waals surface area contributed by atoms with E-state index in [0.29, 0.717) is 0 Å². The molecular formula is C23H30N2O2. The average Bonchev–Trinajstić information content (AvgIpc) is 2.55. The van der Waals surface area contributed by atoms with Gasteiger partial charge in [-0.25, -0.2) is 0 Å². The van der Waals surface area contributed by atoms with Crippen molar-refractivity contribution in [1.29, 1.82) is 0 Å². The van der Waals surface area contributed by atoms with Crippen LogP contribution in [-0.2, 0) is 9.59 Å². The van der Waals surface area contributed by atoms with E-state index in [2.05, 4.69) is 19.2 Å². The van der Waals surface area contributed by atoms with Crippen LogP contribution >= 0.6 is 0 Å². The van der Waals surface area contributed by atoms with Gasteiger partial charge in [-0.3, -0.25) is 9.59 Å². The highest BCUT2D eigenvalue weighted by Gasteiger charge is 2.22. The van der Waals surface area contributed by atoms with Crippen LogP contribution < -0.4 is 10.2 Å². The predicted octanol–water partition coefficient (Wildman–Crippen LogP) is 5.04. The van der Waals surface area contributed by atoms with Gasteiger partial charge in [-0.2, -0.15) is 0 Å². The molecule has 1 N–H and O–H groups in total. The number of anilines is 2. The van der Waals surface area contributed by atoms with Gasteiger partial charge in [0.15, 0.2) is 0 Å². The van der Waals surface area contributed by atoms with Crippen molar-refractivity contribution in [3.05, 3.63) is 58.1 Å². The SMILES string of the molecule is CC(=O)N(CC(=O)Nc1c(C)cc(C)cc1C)c1c(C)cccc1C(C)C. The highest BCUT2D eigenvalue weighted by atomic mass is 16.2. The first kappa shape index (κ1) is 20.7. The summed E-state index contributed by atoms with van der Waals surface area (Å²) in [5.74, 6) is -0.0803. The number of hydrogen-bond donors (Lipinski definition) is 1. The molecule has 27 heavy (non-hydrogen) atoms. The van der Waals surface area contributed by atoms with Crippen LogP contribution in [0.15, 0.2) is 30.3 Å². The molecule has 2 amide bonds. The van der Waals surface area contributed by atoms with E-state index in [-0.39, 0.29) is 24.3 Å². The number of aryl methyl sites for hydroxylation is 4. The number of para-hydroxylation sites is 1. The molecule has 2 rings (SSSR count). The molecule has 2 aromatic rings. The van der Waals surface area contributed by atoms with Crippen LogP contribution in [0, 0.1) is 27.7 Å². The van der Waals surface area contributed by atoms with Gasteiger partial charge in [-0.15, -0.1) is 0 Å². The van der Waals surface area contributed by atoms with Gasteiger partial charge in [-0.05, 0) is 55.9 Å². The third kappa shape index (κ3) is 4.76. The second-order valence-electron chi connectivity index (χ2n) is 7.59. The zero-order valence-corrected chi connectivity index (χ0v) is 17.4. The van der Waals surface area contributed by atoms with Gasteiger partial charge in [0.25, 0.3) is 0 Å². The summed E-state index contributed by atoms with van der Waals surface area (Å²) in [4.78, 5) is 26.7. The summed E-state index contributed by atoms with van der Waals surface area (Å²) in [7, 11) is 0. The fourth-order valence-corrected chi connectivity index (χ4v) is 3.56. The first-order valence-corrected chi connectivity index (χ1v) is 9.37. The van der Waals surface area contributed by atoms with E-state index in [0.717, 1.165) is 39.2 Å². The van der Waals surface area contributed by atoms with Crippen LogP contribution in [0.5, 0.6) is 0 Å². The predicted molar refractivity (Wildman–Crippen MR) is 113 cm³/mol. The van der Waals surface area contributed by atoms with Crippen molar-refractivity contribution in [3.63, 3.8) is 0 Å². The summed E-state index contributed by atoms with van der Waals surface area (Å²) in [5.41, 5.74) is 6.93. The van der Waals surface area contributed by atoms with E-state index < -0.39 is 0 Å². The van der Waals surface area contributed by atoms with Gasteiger partial charge >= 0.3 is 0 Å². The normalized spacial score (nSPS) is 10.8. The Labute approximate surface area is 162 Å². The molecule has 4 heteroatoms. The Bertz CT molecular complexity index is 846. The Kier molecular flexibility index (Phi) is 6.42. The molecule has 0 unspecified atom stereocenters. The molecule has 0 aromatic heterocycles. The number of benzene rings is 2. The van der Waals surface area contributed by atoms with Crippen molar-refractivity contribution in [2.24, 2.45) is 0 Å². The van der Waals surface area contributed by atoms with E-state index in [4.69, 9.17) is 0 Å². The molecule has 0 atom stereocenters. The average molecular weight is 367 g/mol. The van der Waals surface area contributed by atoms with E-state index in [1.807, 2.05) is 58.0 Å². The number of carbonyl (C=O) groups excluding carboxylic acids is 2. The fourth-order valence-electron chi connectivity index (χ4n) is 3.56. The van der Waals surface area contributed by atoms with Gasteiger partial charge in [0.1, 0.15) is 6.54 Å². The molecule has 0 aliphatic rings. The Morgan fingerprint density at radius 3 is 2.11 bits per heavy atom. The topological polar surface area (TPSA) is 49.4 Å². The summed E-state index contributed by atoms with van der Waals surface area (Å²) >= 11 is 0. The van der Waals surface area contributed by atoms with Crippen LogP contribution in [0.4, 0.5) is 11.4 Å². The third-order valence-electron chi connectivity index (χ3n) is 4.78. The number of rotatable bonds is 5. The smallest absolute Gasteiger partial charge is 0.244 e. The van der Waals surface area contributed by atoms with Crippen LogP contribution in [-0.4, -0.2) is 18.4 Å². The van der Waals surface area contributed by atoms with Crippen molar-refractivity contribution in [3.8, 4) is 0 Å². The third-order valence-corrected chi connectivity index (χ3v) is 4.78. The molecule has 0 saturated carbocycles. The standard InChI is InChI=1S/C23H30N2O2/c1-14(2)20-10-8-9-16(4)23(20)25(19(7)26)13-21(27)24-22-17(5)11-15(3)12-18(22)6/h8-12,14H,13H2,1-7H3,(H,24,27). The molecule has 0 saturated heterocycles. The number of nitrogens with zero attached hydrogens (tertiary/aromatic N) is 1. The maximum Gasteiger partial charge on any atom is 0.244 e. The Morgan fingerprint density at radius 2 is 1.59 bits per heavy atom. The number of hydrogen-bond acceptors (Lipinski definition) is 2. The zero-order valence-electron chi connectivity index (χ0n) is 17.4. The lowest BCUT2D eigenvalue weighted by atomic mass is 9.97. The monoisotopic (exact) mass is 366 g/mol. The molecule has 0 spiro atoms. The molecule has 4 nitrogen and oxygen atoms in total. The molecule has 0 radical (unpaired) electrons. The van der Waals surface area contributed by atoms with Gasteiger partial charge in [0.05, 0.1) is 5.69 Å². The van der Waals surface area contributed by atoms with Crippen molar-refractivity contribution in [2.45, 2.75) is 54.4 Å². The van der Waals surface area contributed by atoms with Crippen molar-refractivity contribution in [2.75, 3.05) is 16.8 Å². The lowest BCUT2D eigenvalue weighted by Crippen LogP contribution is -2.38. The molecule has 0 bridgehead atoms. The summed E-state index contributed by atoms with van der Waals surface area (Å²) in [6, 6.07) is 10.1. The lowest BCUT2D eigenvalue weighted by molar-refractivity contribution is -0.120. The number of amides is 2. The molecule has 2 aromatic carbocycles. The first-order valence-electron chi connectivity index (χ1n) is 9.37. The lowest BCUT2D eigenvalue weighted by Gasteiger charge is -2.27. The van der Waals surface area contributed by atoms with E-state index in [1.165, 1.54) is 6.92 Å². The molecule has 144 valence electrons. The first-order chi connectivity index (χ1) is 12.6. The van der Waals surface area contributed by atoms with Gasteiger partial charge in [-0.1, -0.05) is 49.7 Å². The quantitative estimate of drug-likeness (QED) is 0.806. The summed E-state index contributed by atoms with van der Waals surface area (Å²) in [6.45, 7) is 13.7. The van der Waals surface area contributed by atoms with Gasteiger partial charge < -0.3 is 10.2 Å². The van der Waals surface area contributed by atoms with Crippen molar-refractivity contribution < 1.29 is 9.59 Å². The van der Waals surface area contributed by atoms with E-state index >= 15 is 0 Å². The fraction of sp³-hybridized carbons (Fsp3) is 0.391. The number of nitrogens with one attached hydrogen (secondary N) is 1. The highest BCUT2D eigenvalue weighted by Crippen LogP contribution is 2.31. The zero-order chi connectivity index (χ0) is 20.3. The summed E-state index contributed by atoms with van der Waals surface area (Å²) in [5, 5.41) is 3.00. The molecule has 0 aliphatic heterocycles. The molecule has 0 heterocycles. The Balaban J connectivity index is 2.33. The highest BCUT2D eigenvalue weighted by molar-refractivity contribution is 6.03. The second-order valence-corrected chi connectivity index (χ2v) is 7.59. The maximum absolute atomic E-state index is 12.8. The maximum atomic E-state index is 12.8. The van der Waals surface area contributed by atoms with E-state index in [1.54, 1.807) is 4.90 Å². The largest absolute Gasteiger partial charge is 0.324 e. The summed E-state index contributed by atoms with van der Waals surface area (Å²) < 4.78 is 0. The minimum atomic E-state index is -0.196. The summed E-state index contributed by atoms with van der Waals surface area (Å²) in [6.07, 6.45) is 0. The molecule has 0 aliphatic carbocycles. The van der Waals surface area contributed by atoms with Crippen molar-refractivity contribution in [1.82, 2.24) is 0 Å². The van der Waals surface area contributed by atoms with E-state index in [9.17, 15) is 9.59 Å². The van der Waals surface area contributed by atoms with Gasteiger partial charge in [0, 0.05) is 12.6 Å². The van der Waals surface area contributed by atoms with Crippen LogP contribution in [0.2, 0.25) is 0 Å². The Morgan fingerprint density at radius 1 is 1.00 bits per heavy atom. The number of carbonyl (C=O) groups is 2. The molecular weight excluding hydrogens is 336 g/mol. The van der Waals surface area contributed by atoms with Crippen molar-refractivity contribution >= 4 is 23.2 Å². The van der Waals surface area contributed by atoms with Gasteiger partial charge in [0.2, 0.25) is 11.8 Å². The van der Waals surface area contributed by atoms with Crippen LogP contribution in [0.3, 0.4) is 0 Å². The minimum absolute atomic E-state index is 0.00728.